The van der Waals surface area contributed by atoms with Crippen molar-refractivity contribution in [3.8, 4) is 0 Å². The third-order valence-electron chi connectivity index (χ3n) is 4.42. The molecule has 0 spiro atoms. The summed E-state index contributed by atoms with van der Waals surface area (Å²) in [5.74, 6) is -1.02. The van der Waals surface area contributed by atoms with Crippen LogP contribution in [0.25, 0.3) is 0 Å². The van der Waals surface area contributed by atoms with Gasteiger partial charge in [-0.25, -0.2) is 4.79 Å². The third kappa shape index (κ3) is 3.61. The van der Waals surface area contributed by atoms with E-state index in [9.17, 15) is 9.59 Å². The Morgan fingerprint density at radius 2 is 1.95 bits per heavy atom. The molecule has 5 heteroatoms. The van der Waals surface area contributed by atoms with Crippen LogP contribution in [0.4, 0.5) is 4.79 Å². The van der Waals surface area contributed by atoms with Gasteiger partial charge < -0.3 is 15.3 Å². The van der Waals surface area contributed by atoms with Gasteiger partial charge in [-0.05, 0) is 39.0 Å². The molecule has 1 aliphatic heterocycles. The first-order chi connectivity index (χ1) is 9.08. The van der Waals surface area contributed by atoms with Crippen LogP contribution < -0.4 is 5.32 Å². The SMILES string of the molecule is CC1CCCCCN1C(=O)NC1CCC(C(=O)O)C1. The second-order valence-electron chi connectivity index (χ2n) is 5.89. The maximum atomic E-state index is 12.3. The van der Waals surface area contributed by atoms with Crippen molar-refractivity contribution in [2.45, 2.75) is 64.0 Å². The summed E-state index contributed by atoms with van der Waals surface area (Å²) in [7, 11) is 0. The van der Waals surface area contributed by atoms with Gasteiger partial charge in [-0.1, -0.05) is 12.8 Å². The highest BCUT2D eigenvalue weighted by Crippen LogP contribution is 2.26. The molecule has 1 aliphatic carbocycles. The molecule has 2 fully saturated rings. The minimum absolute atomic E-state index is 0.00885. The van der Waals surface area contributed by atoms with Gasteiger partial charge in [-0.3, -0.25) is 4.79 Å². The normalized spacial score (nSPS) is 31.8. The molecule has 0 aromatic carbocycles. The van der Waals surface area contributed by atoms with Gasteiger partial charge in [0.25, 0.3) is 0 Å². The van der Waals surface area contributed by atoms with Crippen molar-refractivity contribution < 1.29 is 14.7 Å². The lowest BCUT2D eigenvalue weighted by atomic mass is 10.1. The first kappa shape index (κ1) is 14.2. The lowest BCUT2D eigenvalue weighted by Crippen LogP contribution is -2.47. The van der Waals surface area contributed by atoms with E-state index in [2.05, 4.69) is 12.2 Å². The number of carboxylic acid groups (broad SMARTS) is 1. The maximum absolute atomic E-state index is 12.3. The van der Waals surface area contributed by atoms with Crippen LogP contribution in [-0.2, 0) is 4.79 Å². The number of likely N-dealkylation sites (tertiary alicyclic amines) is 1. The van der Waals surface area contributed by atoms with Crippen molar-refractivity contribution in [1.29, 1.82) is 0 Å². The number of nitrogens with one attached hydrogen (secondary N) is 1. The van der Waals surface area contributed by atoms with Gasteiger partial charge in [-0.15, -0.1) is 0 Å². The molecule has 3 atom stereocenters. The molecule has 2 aliphatic rings. The zero-order valence-corrected chi connectivity index (χ0v) is 11.6. The molecule has 0 radical (unpaired) electrons. The Labute approximate surface area is 114 Å². The summed E-state index contributed by atoms with van der Waals surface area (Å²) in [6, 6.07) is 0.314. The van der Waals surface area contributed by atoms with E-state index in [1.165, 1.54) is 12.8 Å². The topological polar surface area (TPSA) is 69.6 Å². The number of carbonyl (C=O) groups is 2. The van der Waals surface area contributed by atoms with Gasteiger partial charge in [0, 0.05) is 18.6 Å². The fourth-order valence-electron chi connectivity index (χ4n) is 3.17. The molecule has 1 saturated heterocycles. The number of hydrogen-bond acceptors (Lipinski definition) is 2. The monoisotopic (exact) mass is 268 g/mol. The Kier molecular flexibility index (Phi) is 4.66. The van der Waals surface area contributed by atoms with Crippen LogP contribution in [0.3, 0.4) is 0 Å². The molecular weight excluding hydrogens is 244 g/mol. The Bertz CT molecular complexity index is 346. The standard InChI is InChI=1S/C14H24N2O3/c1-10-5-3-2-4-8-16(10)14(19)15-12-7-6-11(9-12)13(17)18/h10-12H,2-9H2,1H3,(H,15,19)(H,17,18). The number of carbonyl (C=O) groups excluding carboxylic acids is 1. The van der Waals surface area contributed by atoms with Crippen molar-refractivity contribution in [1.82, 2.24) is 10.2 Å². The van der Waals surface area contributed by atoms with E-state index in [0.29, 0.717) is 18.9 Å². The fraction of sp³-hybridized carbons (Fsp3) is 0.857. The predicted molar refractivity (Wildman–Crippen MR) is 71.9 cm³/mol. The number of hydrogen-bond donors (Lipinski definition) is 2. The molecular formula is C14H24N2O3. The number of aliphatic carboxylic acids is 1. The minimum atomic E-state index is -0.736. The van der Waals surface area contributed by atoms with E-state index in [0.717, 1.165) is 25.8 Å². The lowest BCUT2D eigenvalue weighted by molar-refractivity contribution is -0.141. The highest BCUT2D eigenvalue weighted by atomic mass is 16.4. The molecule has 108 valence electrons. The van der Waals surface area contributed by atoms with Crippen molar-refractivity contribution in [2.75, 3.05) is 6.54 Å². The second-order valence-corrected chi connectivity index (χ2v) is 5.89. The van der Waals surface area contributed by atoms with Crippen LogP contribution in [-0.4, -0.2) is 40.6 Å². The Morgan fingerprint density at radius 1 is 1.16 bits per heavy atom. The van der Waals surface area contributed by atoms with Crippen molar-refractivity contribution in [2.24, 2.45) is 5.92 Å². The summed E-state index contributed by atoms with van der Waals surface area (Å²) in [5.41, 5.74) is 0. The van der Waals surface area contributed by atoms with E-state index in [4.69, 9.17) is 5.11 Å². The van der Waals surface area contributed by atoms with Gasteiger partial charge in [0.2, 0.25) is 0 Å². The molecule has 2 N–H and O–H groups in total. The number of carboxylic acids is 1. The van der Waals surface area contributed by atoms with Crippen LogP contribution >= 0.6 is 0 Å². The van der Waals surface area contributed by atoms with Crippen LogP contribution in [0.15, 0.2) is 0 Å². The van der Waals surface area contributed by atoms with E-state index in [1.807, 2.05) is 4.90 Å². The van der Waals surface area contributed by atoms with Gasteiger partial charge >= 0.3 is 12.0 Å². The molecule has 0 bridgehead atoms. The molecule has 2 amide bonds. The Balaban J connectivity index is 1.85. The number of rotatable bonds is 2. The maximum Gasteiger partial charge on any atom is 0.317 e. The van der Waals surface area contributed by atoms with Crippen molar-refractivity contribution in [3.05, 3.63) is 0 Å². The number of amides is 2. The quantitative estimate of drug-likeness (QED) is 0.806. The number of nitrogens with zero attached hydrogens (tertiary/aromatic N) is 1. The fourth-order valence-corrected chi connectivity index (χ4v) is 3.17. The molecule has 0 aromatic heterocycles. The first-order valence-electron chi connectivity index (χ1n) is 7.38. The largest absolute Gasteiger partial charge is 0.481 e. The van der Waals surface area contributed by atoms with Crippen LogP contribution in [0, 0.1) is 5.92 Å². The lowest BCUT2D eigenvalue weighted by Gasteiger charge is -2.28. The summed E-state index contributed by atoms with van der Waals surface area (Å²) >= 11 is 0. The van der Waals surface area contributed by atoms with Crippen LogP contribution in [0.1, 0.15) is 51.9 Å². The van der Waals surface area contributed by atoms with E-state index >= 15 is 0 Å². The zero-order chi connectivity index (χ0) is 13.8. The van der Waals surface area contributed by atoms with E-state index in [-0.39, 0.29) is 18.0 Å². The molecule has 1 heterocycles. The van der Waals surface area contributed by atoms with Gasteiger partial charge in [0.05, 0.1) is 5.92 Å². The summed E-state index contributed by atoms with van der Waals surface area (Å²) in [5, 5.41) is 12.0. The van der Waals surface area contributed by atoms with E-state index in [1.54, 1.807) is 0 Å². The van der Waals surface area contributed by atoms with Crippen LogP contribution in [0.5, 0.6) is 0 Å². The van der Waals surface area contributed by atoms with Crippen molar-refractivity contribution >= 4 is 12.0 Å². The second kappa shape index (κ2) is 6.26. The smallest absolute Gasteiger partial charge is 0.317 e. The van der Waals surface area contributed by atoms with Gasteiger partial charge in [0.1, 0.15) is 0 Å². The Morgan fingerprint density at radius 3 is 2.63 bits per heavy atom. The molecule has 2 rings (SSSR count). The van der Waals surface area contributed by atoms with Crippen LogP contribution in [0.2, 0.25) is 0 Å². The molecule has 19 heavy (non-hydrogen) atoms. The third-order valence-corrected chi connectivity index (χ3v) is 4.42. The number of urea groups is 1. The average Bonchev–Trinajstić information content (AvgIpc) is 2.71. The minimum Gasteiger partial charge on any atom is -0.481 e. The Hall–Kier alpha value is -1.26. The van der Waals surface area contributed by atoms with E-state index < -0.39 is 5.97 Å². The van der Waals surface area contributed by atoms with Crippen molar-refractivity contribution in [3.63, 3.8) is 0 Å². The van der Waals surface area contributed by atoms with Gasteiger partial charge in [-0.2, -0.15) is 0 Å². The summed E-state index contributed by atoms with van der Waals surface area (Å²) in [6.07, 6.45) is 6.55. The molecule has 3 unspecified atom stereocenters. The molecule has 1 saturated carbocycles. The zero-order valence-electron chi connectivity index (χ0n) is 11.6. The molecule has 0 aromatic rings. The predicted octanol–water partition coefficient (Wildman–Crippen LogP) is 2.21. The van der Waals surface area contributed by atoms with Gasteiger partial charge in [0.15, 0.2) is 0 Å². The highest BCUT2D eigenvalue weighted by molar-refractivity contribution is 5.75. The summed E-state index contributed by atoms with van der Waals surface area (Å²) < 4.78 is 0. The first-order valence-corrected chi connectivity index (χ1v) is 7.38. The highest BCUT2D eigenvalue weighted by Gasteiger charge is 2.32. The molecule has 5 nitrogen and oxygen atoms in total. The summed E-state index contributed by atoms with van der Waals surface area (Å²) in [6.45, 7) is 2.92. The summed E-state index contributed by atoms with van der Waals surface area (Å²) in [4.78, 5) is 25.1. The average molecular weight is 268 g/mol.